The van der Waals surface area contributed by atoms with Gasteiger partial charge in [-0.15, -0.1) is 0 Å². The molecule has 0 radical (unpaired) electrons. The summed E-state index contributed by atoms with van der Waals surface area (Å²) in [5.74, 6) is -0.516. The molecule has 2 aromatic carbocycles. The van der Waals surface area contributed by atoms with E-state index in [1.54, 1.807) is 12.1 Å². The number of hydrogen-bond donors (Lipinski definition) is 3. The fourth-order valence-corrected chi connectivity index (χ4v) is 3.35. The van der Waals surface area contributed by atoms with E-state index in [4.69, 9.17) is 14.2 Å². The Morgan fingerprint density at radius 3 is 2.45 bits per heavy atom. The van der Waals surface area contributed by atoms with Crippen LogP contribution in [0.5, 0.6) is 11.5 Å². The lowest BCUT2D eigenvalue weighted by Crippen LogP contribution is -2.39. The fraction of sp³-hybridized carbons (Fsp3) is 0.364. The predicted octanol–water partition coefficient (Wildman–Crippen LogP) is 2.96. The number of carbonyl (C=O) groups excluding carboxylic acids is 2. The van der Waals surface area contributed by atoms with Crippen molar-refractivity contribution >= 4 is 17.6 Å². The van der Waals surface area contributed by atoms with Gasteiger partial charge in [0.25, 0.3) is 0 Å². The first-order chi connectivity index (χ1) is 15.0. The summed E-state index contributed by atoms with van der Waals surface area (Å²) in [5, 5.41) is 2.82. The highest BCUT2D eigenvalue weighted by atomic mass is 19.1. The summed E-state index contributed by atoms with van der Waals surface area (Å²) < 4.78 is 29.3. The number of anilines is 1. The Morgan fingerprint density at radius 2 is 1.81 bits per heavy atom. The van der Waals surface area contributed by atoms with E-state index in [-0.39, 0.29) is 23.3 Å². The molecule has 2 atom stereocenters. The van der Waals surface area contributed by atoms with Gasteiger partial charge >= 0.3 is 5.97 Å². The van der Waals surface area contributed by atoms with Gasteiger partial charge in [0.1, 0.15) is 11.9 Å². The van der Waals surface area contributed by atoms with Gasteiger partial charge in [-0.05, 0) is 50.1 Å². The second-order valence-electron chi connectivity index (χ2n) is 6.88. The van der Waals surface area contributed by atoms with Gasteiger partial charge in [-0.1, -0.05) is 12.1 Å². The normalized spacial score (nSPS) is 17.8. The van der Waals surface area contributed by atoms with Crippen LogP contribution in [-0.2, 0) is 9.53 Å². The summed E-state index contributed by atoms with van der Waals surface area (Å²) >= 11 is 0. The van der Waals surface area contributed by atoms with Gasteiger partial charge in [0.05, 0.1) is 31.6 Å². The third-order valence-electron chi connectivity index (χ3n) is 4.81. The number of halogens is 1. The van der Waals surface area contributed by atoms with Gasteiger partial charge in [0, 0.05) is 6.04 Å². The molecule has 166 valence electrons. The van der Waals surface area contributed by atoms with Crippen molar-refractivity contribution in [3.63, 3.8) is 0 Å². The Kier molecular flexibility index (Phi) is 7.43. The zero-order valence-corrected chi connectivity index (χ0v) is 17.7. The highest BCUT2D eigenvalue weighted by Crippen LogP contribution is 2.38. The molecule has 31 heavy (non-hydrogen) atoms. The molecule has 1 fully saturated rings. The number of carbonyl (C=O) groups is 2. The lowest BCUT2D eigenvalue weighted by Gasteiger charge is -2.18. The van der Waals surface area contributed by atoms with Crippen molar-refractivity contribution in [2.75, 3.05) is 25.6 Å². The number of benzene rings is 2. The van der Waals surface area contributed by atoms with Gasteiger partial charge in [-0.25, -0.2) is 20.0 Å². The molecule has 0 bridgehead atoms. The van der Waals surface area contributed by atoms with Gasteiger partial charge in [0.15, 0.2) is 11.5 Å². The van der Waals surface area contributed by atoms with E-state index in [0.29, 0.717) is 36.8 Å². The van der Waals surface area contributed by atoms with Crippen molar-refractivity contribution in [2.45, 2.75) is 32.4 Å². The van der Waals surface area contributed by atoms with E-state index in [0.717, 1.165) is 5.56 Å². The minimum absolute atomic E-state index is 0.150. The molecule has 8 nitrogen and oxygen atoms in total. The number of hydrazine groups is 1. The van der Waals surface area contributed by atoms with Crippen LogP contribution in [0.1, 0.15) is 42.2 Å². The molecule has 3 N–H and O–H groups in total. The smallest absolute Gasteiger partial charge is 0.338 e. The van der Waals surface area contributed by atoms with Crippen molar-refractivity contribution < 1.29 is 28.2 Å². The molecule has 1 saturated heterocycles. The predicted molar refractivity (Wildman–Crippen MR) is 113 cm³/mol. The highest BCUT2D eigenvalue weighted by molar-refractivity contribution is 5.99. The third-order valence-corrected chi connectivity index (χ3v) is 4.81. The van der Waals surface area contributed by atoms with Gasteiger partial charge < -0.3 is 19.5 Å². The lowest BCUT2D eigenvalue weighted by molar-refractivity contribution is -0.117. The standard InChI is InChI=1S/C22H26FN3O5/c1-4-30-19-11-14(22(28)29-3)10-17(20(19)31-5-2)24-21(27)18-12-16(25-26-18)13-6-8-15(23)9-7-13/h6-11,16,18,25-26H,4-5,12H2,1-3H3,(H,24,27). The van der Waals surface area contributed by atoms with E-state index >= 15 is 0 Å². The highest BCUT2D eigenvalue weighted by Gasteiger charge is 2.31. The number of esters is 1. The van der Waals surface area contributed by atoms with E-state index in [1.807, 2.05) is 13.8 Å². The van der Waals surface area contributed by atoms with Crippen LogP contribution in [-0.4, -0.2) is 38.2 Å². The summed E-state index contributed by atoms with van der Waals surface area (Å²) in [7, 11) is 1.28. The Labute approximate surface area is 180 Å². The third kappa shape index (κ3) is 5.31. The molecule has 1 amide bonds. The molecule has 0 spiro atoms. The second-order valence-corrected chi connectivity index (χ2v) is 6.88. The number of nitrogens with one attached hydrogen (secondary N) is 3. The van der Waals surface area contributed by atoms with Crippen LogP contribution in [0.25, 0.3) is 0 Å². The number of hydrogen-bond acceptors (Lipinski definition) is 7. The topological polar surface area (TPSA) is 97.9 Å². The molecular formula is C22H26FN3O5. The van der Waals surface area contributed by atoms with Crippen LogP contribution in [0.15, 0.2) is 36.4 Å². The zero-order chi connectivity index (χ0) is 22.4. The monoisotopic (exact) mass is 431 g/mol. The molecule has 1 aliphatic heterocycles. The first kappa shape index (κ1) is 22.5. The molecule has 3 rings (SSSR count). The van der Waals surface area contributed by atoms with Crippen molar-refractivity contribution in [3.8, 4) is 11.5 Å². The maximum Gasteiger partial charge on any atom is 0.338 e. The van der Waals surface area contributed by atoms with E-state index < -0.39 is 12.0 Å². The molecule has 2 aromatic rings. The van der Waals surface area contributed by atoms with E-state index in [9.17, 15) is 14.0 Å². The van der Waals surface area contributed by atoms with Crippen LogP contribution in [0.2, 0.25) is 0 Å². The molecule has 0 saturated carbocycles. The Bertz CT molecular complexity index is 935. The first-order valence-corrected chi connectivity index (χ1v) is 10.1. The minimum Gasteiger partial charge on any atom is -0.490 e. The van der Waals surface area contributed by atoms with Crippen LogP contribution >= 0.6 is 0 Å². The SMILES string of the molecule is CCOc1cc(C(=O)OC)cc(NC(=O)C2CC(c3ccc(F)cc3)NN2)c1OCC. The van der Waals surface area contributed by atoms with Gasteiger partial charge in [-0.2, -0.15) is 0 Å². The van der Waals surface area contributed by atoms with E-state index in [1.165, 1.54) is 31.4 Å². The molecule has 2 unspecified atom stereocenters. The second kappa shape index (κ2) is 10.2. The summed E-state index contributed by atoms with van der Waals surface area (Å²) in [6.45, 7) is 4.32. The van der Waals surface area contributed by atoms with Crippen LogP contribution in [0.4, 0.5) is 10.1 Å². The summed E-state index contributed by atoms with van der Waals surface area (Å²) in [4.78, 5) is 25.0. The molecule has 9 heteroatoms. The van der Waals surface area contributed by atoms with Crippen molar-refractivity contribution in [1.82, 2.24) is 10.9 Å². The van der Waals surface area contributed by atoms with Crippen molar-refractivity contribution in [1.29, 1.82) is 0 Å². The zero-order valence-electron chi connectivity index (χ0n) is 17.7. The van der Waals surface area contributed by atoms with Gasteiger partial charge in [-0.3, -0.25) is 4.79 Å². The molecular weight excluding hydrogens is 405 g/mol. The van der Waals surface area contributed by atoms with Gasteiger partial charge in [0.2, 0.25) is 5.91 Å². The number of rotatable bonds is 8. The average molecular weight is 431 g/mol. The number of methoxy groups -OCH3 is 1. The molecule has 0 aromatic heterocycles. The first-order valence-electron chi connectivity index (χ1n) is 10.1. The summed E-state index contributed by atoms with van der Waals surface area (Å²) in [6, 6.07) is 8.43. The Balaban J connectivity index is 1.81. The number of amides is 1. The van der Waals surface area contributed by atoms with Crippen LogP contribution in [0, 0.1) is 5.82 Å². The molecule has 1 aliphatic rings. The summed E-state index contributed by atoms with van der Waals surface area (Å²) in [5.41, 5.74) is 7.42. The maximum atomic E-state index is 13.2. The number of ether oxygens (including phenoxy) is 3. The average Bonchev–Trinajstić information content (AvgIpc) is 3.26. The van der Waals surface area contributed by atoms with Crippen molar-refractivity contribution in [2.24, 2.45) is 0 Å². The lowest BCUT2D eigenvalue weighted by atomic mass is 10.0. The summed E-state index contributed by atoms with van der Waals surface area (Å²) in [6.07, 6.45) is 0.455. The maximum absolute atomic E-state index is 13.2. The Morgan fingerprint density at radius 1 is 1.10 bits per heavy atom. The molecule has 0 aliphatic carbocycles. The van der Waals surface area contributed by atoms with Crippen molar-refractivity contribution in [3.05, 3.63) is 53.3 Å². The minimum atomic E-state index is -0.559. The molecule has 1 heterocycles. The quantitative estimate of drug-likeness (QED) is 0.553. The Hall–Kier alpha value is -3.17. The van der Waals surface area contributed by atoms with Crippen LogP contribution in [0.3, 0.4) is 0 Å². The largest absolute Gasteiger partial charge is 0.490 e. The van der Waals surface area contributed by atoms with Crippen LogP contribution < -0.4 is 25.6 Å². The fourth-order valence-electron chi connectivity index (χ4n) is 3.35. The van der Waals surface area contributed by atoms with E-state index in [2.05, 4.69) is 16.2 Å².